The molecule has 138 valence electrons. The molecule has 0 spiro atoms. The number of hydrogen-bond acceptors (Lipinski definition) is 3. The first kappa shape index (κ1) is 20.0. The molecule has 6 nitrogen and oxygen atoms in total. The van der Waals surface area contributed by atoms with Gasteiger partial charge in [-0.15, -0.1) is 0 Å². The number of aromatic nitrogens is 1. The van der Waals surface area contributed by atoms with Crippen LogP contribution in [0.3, 0.4) is 0 Å². The van der Waals surface area contributed by atoms with Gasteiger partial charge in [0.1, 0.15) is 6.54 Å². The predicted molar refractivity (Wildman–Crippen MR) is 103 cm³/mol. The standard InChI is InChI=1S/C18H19Cl2N3O3/c1-3-7-23(18(26)12-6-8-22(2)17(25)9-12)11-16(24)21-15-5-4-13(19)10-14(15)20/h4-6,8-10H,3,7,11H2,1-2H3,(H,21,24). The predicted octanol–water partition coefficient (Wildman–Crippen LogP) is 3.18. The lowest BCUT2D eigenvalue weighted by atomic mass is 10.2. The smallest absolute Gasteiger partial charge is 0.254 e. The molecule has 2 aromatic rings. The molecule has 0 unspecified atom stereocenters. The number of carbonyl (C=O) groups is 2. The molecule has 0 atom stereocenters. The first-order chi connectivity index (χ1) is 12.3. The third kappa shape index (κ3) is 5.09. The van der Waals surface area contributed by atoms with E-state index in [4.69, 9.17) is 23.2 Å². The number of halogens is 2. The Balaban J connectivity index is 2.13. The molecular formula is C18H19Cl2N3O3. The Morgan fingerprint density at radius 1 is 1.19 bits per heavy atom. The second-order valence-corrected chi connectivity index (χ2v) is 6.61. The van der Waals surface area contributed by atoms with Crippen molar-refractivity contribution in [1.29, 1.82) is 0 Å². The monoisotopic (exact) mass is 395 g/mol. The topological polar surface area (TPSA) is 71.4 Å². The Morgan fingerprint density at radius 3 is 2.54 bits per heavy atom. The molecule has 0 fully saturated rings. The van der Waals surface area contributed by atoms with Crippen LogP contribution in [0.5, 0.6) is 0 Å². The van der Waals surface area contributed by atoms with Crippen LogP contribution in [0.15, 0.2) is 41.3 Å². The van der Waals surface area contributed by atoms with Gasteiger partial charge in [0, 0.05) is 36.4 Å². The third-order valence-electron chi connectivity index (χ3n) is 3.67. The number of rotatable bonds is 6. The summed E-state index contributed by atoms with van der Waals surface area (Å²) in [5, 5.41) is 3.43. The van der Waals surface area contributed by atoms with Gasteiger partial charge in [0.15, 0.2) is 0 Å². The summed E-state index contributed by atoms with van der Waals surface area (Å²) in [6.07, 6.45) is 2.19. The summed E-state index contributed by atoms with van der Waals surface area (Å²) in [6, 6.07) is 7.54. The second-order valence-electron chi connectivity index (χ2n) is 5.76. The summed E-state index contributed by atoms with van der Waals surface area (Å²) in [6.45, 7) is 2.13. The normalized spacial score (nSPS) is 10.5. The highest BCUT2D eigenvalue weighted by Gasteiger charge is 2.19. The summed E-state index contributed by atoms with van der Waals surface area (Å²) >= 11 is 11.9. The van der Waals surface area contributed by atoms with Gasteiger partial charge in [-0.25, -0.2) is 0 Å². The van der Waals surface area contributed by atoms with Gasteiger partial charge in [0.05, 0.1) is 10.7 Å². The summed E-state index contributed by atoms with van der Waals surface area (Å²) in [5.74, 6) is -0.762. The molecule has 8 heteroatoms. The van der Waals surface area contributed by atoms with Crippen molar-refractivity contribution in [1.82, 2.24) is 9.47 Å². The maximum Gasteiger partial charge on any atom is 0.254 e. The quantitative estimate of drug-likeness (QED) is 0.815. The average Bonchev–Trinajstić information content (AvgIpc) is 2.59. The fraction of sp³-hybridized carbons (Fsp3) is 0.278. The van der Waals surface area contributed by atoms with Gasteiger partial charge in [-0.05, 0) is 30.7 Å². The molecule has 1 aromatic heterocycles. The van der Waals surface area contributed by atoms with Crippen molar-refractivity contribution in [3.63, 3.8) is 0 Å². The van der Waals surface area contributed by atoms with E-state index in [0.29, 0.717) is 28.7 Å². The van der Waals surface area contributed by atoms with Crippen LogP contribution in [0.1, 0.15) is 23.7 Å². The zero-order chi connectivity index (χ0) is 19.3. The molecule has 0 aliphatic rings. The van der Waals surface area contributed by atoms with E-state index < -0.39 is 0 Å². The molecule has 0 saturated heterocycles. The van der Waals surface area contributed by atoms with Gasteiger partial charge in [0.25, 0.3) is 11.5 Å². The van der Waals surface area contributed by atoms with Crippen molar-refractivity contribution in [3.05, 3.63) is 62.5 Å². The molecule has 0 bridgehead atoms. The van der Waals surface area contributed by atoms with Crippen molar-refractivity contribution in [2.24, 2.45) is 7.05 Å². The highest BCUT2D eigenvalue weighted by molar-refractivity contribution is 6.36. The Bertz CT molecular complexity index is 880. The molecule has 0 aliphatic heterocycles. The molecular weight excluding hydrogens is 377 g/mol. The van der Waals surface area contributed by atoms with Crippen LogP contribution < -0.4 is 10.9 Å². The van der Waals surface area contributed by atoms with E-state index in [2.05, 4.69) is 5.32 Å². The molecule has 2 amide bonds. The number of hydrogen-bond donors (Lipinski definition) is 1. The zero-order valence-electron chi connectivity index (χ0n) is 14.5. The minimum atomic E-state index is -0.389. The van der Waals surface area contributed by atoms with Crippen LogP contribution >= 0.6 is 23.2 Å². The van der Waals surface area contributed by atoms with Crippen LogP contribution in [0.25, 0.3) is 0 Å². The molecule has 1 aromatic carbocycles. The minimum Gasteiger partial charge on any atom is -0.329 e. The van der Waals surface area contributed by atoms with E-state index in [0.717, 1.165) is 0 Å². The van der Waals surface area contributed by atoms with Crippen LogP contribution in [-0.2, 0) is 11.8 Å². The lowest BCUT2D eigenvalue weighted by Crippen LogP contribution is -2.39. The van der Waals surface area contributed by atoms with Crippen molar-refractivity contribution >= 4 is 40.7 Å². The number of anilines is 1. The number of carbonyl (C=O) groups excluding carboxylic acids is 2. The third-order valence-corrected chi connectivity index (χ3v) is 4.22. The van der Waals surface area contributed by atoms with Gasteiger partial charge in [-0.3, -0.25) is 14.4 Å². The Hall–Kier alpha value is -2.31. The van der Waals surface area contributed by atoms with Gasteiger partial charge in [0.2, 0.25) is 5.91 Å². The first-order valence-electron chi connectivity index (χ1n) is 8.02. The van der Waals surface area contributed by atoms with Crippen LogP contribution in [-0.4, -0.2) is 34.4 Å². The highest BCUT2D eigenvalue weighted by atomic mass is 35.5. The van der Waals surface area contributed by atoms with Crippen molar-refractivity contribution in [3.8, 4) is 0 Å². The van der Waals surface area contributed by atoms with Gasteiger partial charge < -0.3 is 14.8 Å². The van der Waals surface area contributed by atoms with Crippen molar-refractivity contribution in [2.45, 2.75) is 13.3 Å². The number of benzene rings is 1. The maximum atomic E-state index is 12.7. The van der Waals surface area contributed by atoms with E-state index in [1.54, 1.807) is 25.2 Å². The Morgan fingerprint density at radius 2 is 1.92 bits per heavy atom. The van der Waals surface area contributed by atoms with E-state index >= 15 is 0 Å². The number of amides is 2. The van der Waals surface area contributed by atoms with Gasteiger partial charge in [-0.2, -0.15) is 0 Å². The van der Waals surface area contributed by atoms with Gasteiger partial charge in [-0.1, -0.05) is 30.1 Å². The first-order valence-corrected chi connectivity index (χ1v) is 8.78. The van der Waals surface area contributed by atoms with E-state index in [1.807, 2.05) is 6.92 Å². The number of nitrogens with one attached hydrogen (secondary N) is 1. The number of aryl methyl sites for hydroxylation is 1. The Kier molecular flexibility index (Phi) is 6.83. The van der Waals surface area contributed by atoms with E-state index in [9.17, 15) is 14.4 Å². The summed E-state index contributed by atoms with van der Waals surface area (Å²) in [7, 11) is 1.60. The molecule has 0 saturated carbocycles. The molecule has 26 heavy (non-hydrogen) atoms. The molecule has 1 N–H and O–H groups in total. The number of nitrogens with zero attached hydrogens (tertiary/aromatic N) is 2. The molecule has 1 heterocycles. The highest BCUT2D eigenvalue weighted by Crippen LogP contribution is 2.25. The summed E-state index contributed by atoms with van der Waals surface area (Å²) in [5.41, 5.74) is 0.377. The lowest BCUT2D eigenvalue weighted by molar-refractivity contribution is -0.116. The molecule has 0 radical (unpaired) electrons. The maximum absolute atomic E-state index is 12.7. The summed E-state index contributed by atoms with van der Waals surface area (Å²) < 4.78 is 1.37. The van der Waals surface area contributed by atoms with Crippen molar-refractivity contribution < 1.29 is 9.59 Å². The Labute approximate surface area is 161 Å². The zero-order valence-corrected chi connectivity index (χ0v) is 16.0. The van der Waals surface area contributed by atoms with Crippen LogP contribution in [0.4, 0.5) is 5.69 Å². The van der Waals surface area contributed by atoms with E-state index in [-0.39, 0.29) is 29.5 Å². The number of pyridine rings is 1. The minimum absolute atomic E-state index is 0.152. The summed E-state index contributed by atoms with van der Waals surface area (Å²) in [4.78, 5) is 38.1. The SMILES string of the molecule is CCCN(CC(=O)Nc1ccc(Cl)cc1Cl)C(=O)c1ccn(C)c(=O)c1. The lowest BCUT2D eigenvalue weighted by Gasteiger charge is -2.22. The largest absolute Gasteiger partial charge is 0.329 e. The van der Waals surface area contributed by atoms with Crippen LogP contribution in [0, 0.1) is 0 Å². The second kappa shape index (κ2) is 8.87. The van der Waals surface area contributed by atoms with Crippen LogP contribution in [0.2, 0.25) is 10.0 Å². The molecule has 2 rings (SSSR count). The average molecular weight is 396 g/mol. The van der Waals surface area contributed by atoms with E-state index in [1.165, 1.54) is 27.8 Å². The molecule has 0 aliphatic carbocycles. The van der Waals surface area contributed by atoms with Crippen molar-refractivity contribution in [2.75, 3.05) is 18.4 Å². The fourth-order valence-corrected chi connectivity index (χ4v) is 2.80. The fourth-order valence-electron chi connectivity index (χ4n) is 2.34. The van der Waals surface area contributed by atoms with Gasteiger partial charge >= 0.3 is 0 Å².